The fourth-order valence-electron chi connectivity index (χ4n) is 5.45. The highest BCUT2D eigenvalue weighted by molar-refractivity contribution is 7.47. The molecule has 0 radical (unpaired) electrons. The van der Waals surface area contributed by atoms with Gasteiger partial charge in [-0.25, -0.2) is 9.13 Å². The van der Waals surface area contributed by atoms with Crippen LogP contribution in [-0.4, -0.2) is 104 Å². The maximum Gasteiger partial charge on any atom is 0.472 e. The Morgan fingerprint density at radius 3 is 1.76 bits per heavy atom. The average molecular weight is 923 g/mol. The van der Waals surface area contributed by atoms with Crippen LogP contribution in [0.4, 0.5) is 0 Å². The van der Waals surface area contributed by atoms with Gasteiger partial charge in [-0.15, -0.1) is 0 Å². The van der Waals surface area contributed by atoms with Crippen molar-refractivity contribution in [1.82, 2.24) is 0 Å². The summed E-state index contributed by atoms with van der Waals surface area (Å²) in [6, 6.07) is 0. The third-order valence-electron chi connectivity index (χ3n) is 8.91. The van der Waals surface area contributed by atoms with Crippen LogP contribution in [0.25, 0.3) is 0 Å². The van der Waals surface area contributed by atoms with Crippen LogP contribution in [0, 0.1) is 0 Å². The maximum absolute atomic E-state index is 12.7. The Labute approximate surface area is 369 Å². The quantitative estimate of drug-likeness (QED) is 0.0101. The van der Waals surface area contributed by atoms with Crippen LogP contribution in [0.5, 0.6) is 0 Å². The van der Waals surface area contributed by atoms with E-state index in [1.54, 1.807) is 42.5 Å². The monoisotopic (exact) mass is 922 g/mol. The molecule has 0 aliphatic carbocycles. The Bertz CT molecular complexity index is 1420. The number of phosphoric acid groups is 2. The Kier molecular flexibility index (Phi) is 37.3. The second-order valence-electron chi connectivity index (χ2n) is 14.8. The van der Waals surface area contributed by atoms with E-state index in [1.807, 2.05) is 19.1 Å². The van der Waals surface area contributed by atoms with Crippen LogP contribution in [0.15, 0.2) is 72.9 Å². The lowest BCUT2D eigenvalue weighted by atomic mass is 10.1. The number of rotatable bonds is 40. The van der Waals surface area contributed by atoms with Gasteiger partial charge in [0, 0.05) is 12.8 Å². The van der Waals surface area contributed by atoms with Gasteiger partial charge < -0.3 is 44.6 Å². The standard InChI is InChI=1S/C44H76O16P2/c1-3-5-7-8-9-10-11-12-13-14-15-16-17-22-26-32-43(49)56-36-40(37-59-62(54,55)58-35-39(46)34-57-61(51,52)53)60-44(50)33-27-31-42(48)41(47)30-25-21-19-18-20-24-29-38(45)28-23-6-4-2/h6,12-13,18-21,23-25,29-30,38-42,45-48H,3-5,7-11,14-17,22,26-28,31-37H2,1-2H3,(H,54,55)(H2,51,52,53)/b13-12-,20-18+,21-19-,23-6-,29-24+,30-25-/t38-,39-,40+,41+,42+/m0/s1. The van der Waals surface area contributed by atoms with Crippen molar-refractivity contribution in [2.24, 2.45) is 0 Å². The second kappa shape index (κ2) is 38.9. The minimum absolute atomic E-state index is 0.0185. The molecule has 7 N–H and O–H groups in total. The molecule has 0 saturated heterocycles. The molecular formula is C44H76O16P2. The van der Waals surface area contributed by atoms with Crippen LogP contribution in [0.1, 0.15) is 136 Å². The molecule has 0 aromatic heterocycles. The number of unbranched alkanes of at least 4 members (excludes halogenated alkanes) is 11. The van der Waals surface area contributed by atoms with Crippen LogP contribution < -0.4 is 0 Å². The molecule has 1 unspecified atom stereocenters. The Morgan fingerprint density at radius 2 is 1.13 bits per heavy atom. The van der Waals surface area contributed by atoms with Gasteiger partial charge in [0.05, 0.1) is 38.1 Å². The van der Waals surface area contributed by atoms with Crippen molar-refractivity contribution in [2.45, 2.75) is 166 Å². The molecule has 358 valence electrons. The Balaban J connectivity index is 4.87. The van der Waals surface area contributed by atoms with Crippen LogP contribution in [0.3, 0.4) is 0 Å². The van der Waals surface area contributed by atoms with E-state index in [1.165, 1.54) is 44.6 Å². The molecule has 16 nitrogen and oxygen atoms in total. The van der Waals surface area contributed by atoms with E-state index in [4.69, 9.17) is 23.8 Å². The smallest absolute Gasteiger partial charge is 0.462 e. The number of aliphatic hydroxyl groups excluding tert-OH is 4. The molecule has 6 atom stereocenters. The molecule has 0 fully saturated rings. The summed E-state index contributed by atoms with van der Waals surface area (Å²) in [7, 11) is -9.82. The number of carbonyl (C=O) groups is 2. The van der Waals surface area contributed by atoms with E-state index >= 15 is 0 Å². The van der Waals surface area contributed by atoms with E-state index in [2.05, 4.69) is 28.1 Å². The molecule has 18 heteroatoms. The van der Waals surface area contributed by atoms with Crippen molar-refractivity contribution in [3.63, 3.8) is 0 Å². The normalized spacial score (nSPS) is 16.2. The number of aliphatic hydroxyl groups is 4. The molecule has 0 heterocycles. The summed E-state index contributed by atoms with van der Waals surface area (Å²) >= 11 is 0. The number of esters is 2. The van der Waals surface area contributed by atoms with E-state index in [0.717, 1.165) is 44.9 Å². The number of hydrogen-bond donors (Lipinski definition) is 7. The van der Waals surface area contributed by atoms with Crippen molar-refractivity contribution < 1.29 is 76.9 Å². The first-order valence-corrected chi connectivity index (χ1v) is 25.0. The summed E-state index contributed by atoms with van der Waals surface area (Å²) in [4.78, 5) is 52.7. The first-order chi connectivity index (χ1) is 29.6. The predicted molar refractivity (Wildman–Crippen MR) is 239 cm³/mol. The SMILES string of the molecule is CC/C=C\C[C@H](O)/C=C/C=C/C=C\C=C/[C@@H](O)[C@H](O)CCCC(=O)O[C@H](COC(=O)CCCCCCC/C=C\CCCCCCCC)COP(=O)(O)OC[C@@H](O)COP(=O)(O)O. The highest BCUT2D eigenvalue weighted by Crippen LogP contribution is 2.43. The molecule has 0 bridgehead atoms. The van der Waals surface area contributed by atoms with Crippen LogP contribution in [-0.2, 0) is 41.8 Å². The minimum Gasteiger partial charge on any atom is -0.462 e. The third kappa shape index (κ3) is 40.2. The van der Waals surface area contributed by atoms with Crippen LogP contribution >= 0.6 is 15.6 Å². The minimum atomic E-state index is -4.91. The van der Waals surface area contributed by atoms with E-state index in [-0.39, 0.29) is 25.7 Å². The Morgan fingerprint density at radius 1 is 0.581 bits per heavy atom. The molecule has 0 saturated carbocycles. The average Bonchev–Trinajstić information content (AvgIpc) is 3.22. The van der Waals surface area contributed by atoms with Crippen molar-refractivity contribution in [3.8, 4) is 0 Å². The van der Waals surface area contributed by atoms with Crippen molar-refractivity contribution >= 4 is 27.6 Å². The maximum atomic E-state index is 12.7. The number of phosphoric ester groups is 2. The van der Waals surface area contributed by atoms with Gasteiger partial charge in [0.25, 0.3) is 0 Å². The van der Waals surface area contributed by atoms with Crippen LogP contribution in [0.2, 0.25) is 0 Å². The van der Waals surface area contributed by atoms with Gasteiger partial charge in [0.1, 0.15) is 12.7 Å². The van der Waals surface area contributed by atoms with Gasteiger partial charge in [-0.3, -0.25) is 23.2 Å². The van der Waals surface area contributed by atoms with Gasteiger partial charge >= 0.3 is 27.6 Å². The van der Waals surface area contributed by atoms with E-state index in [9.17, 15) is 44.0 Å². The third-order valence-corrected chi connectivity index (χ3v) is 10.3. The van der Waals surface area contributed by atoms with Gasteiger partial charge in [0.15, 0.2) is 6.10 Å². The largest absolute Gasteiger partial charge is 0.472 e. The highest BCUT2D eigenvalue weighted by atomic mass is 31.2. The molecular weight excluding hydrogens is 846 g/mol. The van der Waals surface area contributed by atoms with E-state index < -0.39 is 84.5 Å². The summed E-state index contributed by atoms with van der Waals surface area (Å²) in [5.41, 5.74) is 0. The molecule has 0 spiro atoms. The van der Waals surface area contributed by atoms with Crippen molar-refractivity contribution in [1.29, 1.82) is 0 Å². The molecule has 0 aliphatic rings. The lowest BCUT2D eigenvalue weighted by Crippen LogP contribution is -2.30. The van der Waals surface area contributed by atoms with Gasteiger partial charge in [0.2, 0.25) is 0 Å². The summed E-state index contributed by atoms with van der Waals surface area (Å²) in [6.07, 6.45) is 31.2. The predicted octanol–water partition coefficient (Wildman–Crippen LogP) is 7.92. The number of hydrogen-bond acceptors (Lipinski definition) is 13. The first kappa shape index (κ1) is 59.4. The van der Waals surface area contributed by atoms with Gasteiger partial charge in [-0.1, -0.05) is 138 Å². The fourth-order valence-corrected chi connectivity index (χ4v) is 6.60. The lowest BCUT2D eigenvalue weighted by Gasteiger charge is -2.21. The molecule has 0 aromatic carbocycles. The van der Waals surface area contributed by atoms with Crippen molar-refractivity contribution in [3.05, 3.63) is 72.9 Å². The summed E-state index contributed by atoms with van der Waals surface area (Å²) in [5, 5.41) is 40.2. The number of allylic oxidation sites excluding steroid dienone is 9. The molecule has 0 aromatic rings. The molecule has 62 heavy (non-hydrogen) atoms. The van der Waals surface area contributed by atoms with Gasteiger partial charge in [-0.05, 0) is 57.8 Å². The second-order valence-corrected chi connectivity index (χ2v) is 17.5. The fraction of sp³-hybridized carbons (Fsp3) is 0.682. The summed E-state index contributed by atoms with van der Waals surface area (Å²) in [5.74, 6) is -1.38. The zero-order valence-corrected chi connectivity index (χ0v) is 38.6. The topological polar surface area (TPSA) is 256 Å². The lowest BCUT2D eigenvalue weighted by molar-refractivity contribution is -0.161. The molecule has 0 amide bonds. The van der Waals surface area contributed by atoms with Crippen molar-refractivity contribution in [2.75, 3.05) is 26.4 Å². The van der Waals surface area contributed by atoms with E-state index in [0.29, 0.717) is 12.8 Å². The zero-order valence-electron chi connectivity index (χ0n) is 36.8. The Hall–Kier alpha value is -2.56. The molecule has 0 aliphatic heterocycles. The zero-order chi connectivity index (χ0) is 46.3. The van der Waals surface area contributed by atoms with Gasteiger partial charge in [-0.2, -0.15) is 0 Å². The first-order valence-electron chi connectivity index (χ1n) is 22.0. The highest BCUT2D eigenvalue weighted by Gasteiger charge is 2.28. The molecule has 0 rings (SSSR count). The summed E-state index contributed by atoms with van der Waals surface area (Å²) < 4.78 is 47.5. The number of carbonyl (C=O) groups excluding carboxylic acids is 2. The number of ether oxygens (including phenoxy) is 2. The summed E-state index contributed by atoms with van der Waals surface area (Å²) in [6.45, 7) is 1.15.